The van der Waals surface area contributed by atoms with Crippen LogP contribution in [0.5, 0.6) is 11.5 Å². The zero-order valence-electron chi connectivity index (χ0n) is 10.8. The Labute approximate surface area is 111 Å². The maximum Gasteiger partial charge on any atom is 0.325 e. The van der Waals surface area contributed by atoms with Crippen LogP contribution < -0.4 is 10.1 Å². The Bertz CT molecular complexity index is 458. The molecule has 1 aliphatic rings. The third kappa shape index (κ3) is 2.97. The van der Waals surface area contributed by atoms with Gasteiger partial charge < -0.3 is 20.3 Å². The molecule has 1 heterocycles. The average molecular weight is 266 g/mol. The van der Waals surface area contributed by atoms with Gasteiger partial charge in [-0.1, -0.05) is 6.07 Å². The Balaban J connectivity index is 2.28. The molecule has 6 nitrogen and oxygen atoms in total. The molecule has 3 N–H and O–H groups in total. The van der Waals surface area contributed by atoms with Gasteiger partial charge in [-0.05, 0) is 17.7 Å². The first-order chi connectivity index (χ1) is 9.13. The molecule has 1 aromatic rings. The van der Waals surface area contributed by atoms with Crippen molar-refractivity contribution in [1.29, 1.82) is 0 Å². The van der Waals surface area contributed by atoms with Gasteiger partial charge in [-0.2, -0.15) is 0 Å². The molecule has 0 bridgehead atoms. The molecule has 0 radical (unpaired) electrons. The highest BCUT2D eigenvalue weighted by atomic mass is 16.5. The molecule has 19 heavy (non-hydrogen) atoms. The van der Waals surface area contributed by atoms with Crippen LogP contribution in [-0.2, 0) is 4.79 Å². The minimum atomic E-state index is -0.911. The van der Waals surface area contributed by atoms with E-state index in [1.807, 2.05) is 4.90 Å². The van der Waals surface area contributed by atoms with E-state index in [2.05, 4.69) is 5.32 Å². The van der Waals surface area contributed by atoms with E-state index in [0.29, 0.717) is 24.4 Å². The summed E-state index contributed by atoms with van der Waals surface area (Å²) < 4.78 is 4.96. The number of aromatic hydroxyl groups is 1. The second-order valence-corrected chi connectivity index (χ2v) is 4.46. The van der Waals surface area contributed by atoms with Crippen molar-refractivity contribution >= 4 is 5.97 Å². The first kappa shape index (κ1) is 13.6. The van der Waals surface area contributed by atoms with Gasteiger partial charge in [0, 0.05) is 26.2 Å². The summed E-state index contributed by atoms with van der Waals surface area (Å²) in [6.07, 6.45) is 0. The second kappa shape index (κ2) is 5.90. The zero-order chi connectivity index (χ0) is 13.8. The Kier molecular flexibility index (Phi) is 4.24. The van der Waals surface area contributed by atoms with E-state index < -0.39 is 12.0 Å². The number of phenolic OH excluding ortho intramolecular Hbond substituents is 1. The van der Waals surface area contributed by atoms with Crippen LogP contribution in [0.1, 0.15) is 11.6 Å². The maximum atomic E-state index is 11.5. The molecule has 1 atom stereocenters. The number of benzene rings is 1. The third-order valence-corrected chi connectivity index (χ3v) is 3.27. The Morgan fingerprint density at radius 2 is 2.11 bits per heavy atom. The van der Waals surface area contributed by atoms with Gasteiger partial charge in [-0.15, -0.1) is 0 Å². The molecule has 2 rings (SSSR count). The van der Waals surface area contributed by atoms with Crippen molar-refractivity contribution in [2.45, 2.75) is 6.04 Å². The number of hydrogen-bond donors (Lipinski definition) is 3. The minimum Gasteiger partial charge on any atom is -0.504 e. The number of nitrogens with one attached hydrogen (secondary N) is 1. The Morgan fingerprint density at radius 1 is 1.42 bits per heavy atom. The number of aliphatic carboxylic acids is 1. The van der Waals surface area contributed by atoms with E-state index in [1.165, 1.54) is 13.2 Å². The molecular weight excluding hydrogens is 248 g/mol. The number of carboxylic acid groups (broad SMARTS) is 1. The highest BCUT2D eigenvalue weighted by Gasteiger charge is 2.28. The van der Waals surface area contributed by atoms with E-state index in [4.69, 9.17) is 4.74 Å². The SMILES string of the molecule is COc1ccc(C(C(=O)O)N2CCNCC2)cc1O. The lowest BCUT2D eigenvalue weighted by Crippen LogP contribution is -2.47. The molecule has 1 aromatic carbocycles. The Hall–Kier alpha value is -1.79. The molecule has 1 saturated heterocycles. The van der Waals surface area contributed by atoms with E-state index in [0.717, 1.165) is 13.1 Å². The summed E-state index contributed by atoms with van der Waals surface area (Å²) in [5.74, 6) is -0.610. The van der Waals surface area contributed by atoms with E-state index in [1.54, 1.807) is 12.1 Å². The average Bonchev–Trinajstić information content (AvgIpc) is 2.40. The quantitative estimate of drug-likeness (QED) is 0.733. The van der Waals surface area contributed by atoms with Gasteiger partial charge in [-0.25, -0.2) is 0 Å². The molecular formula is C13H18N2O4. The third-order valence-electron chi connectivity index (χ3n) is 3.27. The van der Waals surface area contributed by atoms with Crippen LogP contribution in [0.4, 0.5) is 0 Å². The van der Waals surface area contributed by atoms with Crippen LogP contribution in [0, 0.1) is 0 Å². The predicted octanol–water partition coefficient (Wildman–Crippen LogP) is 0.432. The topological polar surface area (TPSA) is 82.0 Å². The summed E-state index contributed by atoms with van der Waals surface area (Å²) in [5.41, 5.74) is 0.563. The van der Waals surface area contributed by atoms with Crippen LogP contribution in [0.15, 0.2) is 18.2 Å². The molecule has 0 saturated carbocycles. The number of rotatable bonds is 4. The molecule has 1 fully saturated rings. The van der Waals surface area contributed by atoms with Crippen LogP contribution in [0.3, 0.4) is 0 Å². The lowest BCUT2D eigenvalue weighted by Gasteiger charge is -2.32. The van der Waals surface area contributed by atoms with Gasteiger partial charge in [0.2, 0.25) is 0 Å². The van der Waals surface area contributed by atoms with Crippen LogP contribution in [0.2, 0.25) is 0 Å². The molecule has 0 amide bonds. The molecule has 0 aromatic heterocycles. The van der Waals surface area contributed by atoms with Crippen molar-refractivity contribution < 1.29 is 19.7 Å². The van der Waals surface area contributed by atoms with Gasteiger partial charge in [0.15, 0.2) is 11.5 Å². The van der Waals surface area contributed by atoms with Crippen molar-refractivity contribution in [3.05, 3.63) is 23.8 Å². The fraction of sp³-hybridized carbons (Fsp3) is 0.462. The fourth-order valence-electron chi connectivity index (χ4n) is 2.33. The summed E-state index contributed by atoms with van der Waals surface area (Å²) in [7, 11) is 1.46. The van der Waals surface area contributed by atoms with E-state index in [-0.39, 0.29) is 5.75 Å². The summed E-state index contributed by atoms with van der Waals surface area (Å²) in [6.45, 7) is 2.88. The number of ether oxygens (including phenoxy) is 1. The standard InChI is InChI=1S/C13H18N2O4/c1-19-11-3-2-9(8-10(11)16)12(13(17)18)15-6-4-14-5-7-15/h2-3,8,12,14,16H,4-7H2,1H3,(H,17,18). The Morgan fingerprint density at radius 3 is 2.63 bits per heavy atom. The second-order valence-electron chi connectivity index (χ2n) is 4.46. The molecule has 1 unspecified atom stereocenters. The highest BCUT2D eigenvalue weighted by molar-refractivity contribution is 5.76. The fourth-order valence-corrected chi connectivity index (χ4v) is 2.33. The van der Waals surface area contributed by atoms with Gasteiger partial charge in [0.05, 0.1) is 7.11 Å². The highest BCUT2D eigenvalue weighted by Crippen LogP contribution is 2.31. The van der Waals surface area contributed by atoms with Crippen molar-refractivity contribution in [2.75, 3.05) is 33.3 Å². The lowest BCUT2D eigenvalue weighted by molar-refractivity contribution is -0.143. The number of carboxylic acids is 1. The first-order valence-corrected chi connectivity index (χ1v) is 6.18. The summed E-state index contributed by atoms with van der Waals surface area (Å²) in [5, 5.41) is 22.4. The van der Waals surface area contributed by atoms with Crippen molar-refractivity contribution in [3.8, 4) is 11.5 Å². The number of carbonyl (C=O) groups is 1. The van der Waals surface area contributed by atoms with E-state index in [9.17, 15) is 15.0 Å². The van der Waals surface area contributed by atoms with Crippen molar-refractivity contribution in [1.82, 2.24) is 10.2 Å². The normalized spacial score (nSPS) is 17.9. The molecule has 6 heteroatoms. The summed E-state index contributed by atoms with van der Waals surface area (Å²) in [4.78, 5) is 13.4. The van der Waals surface area contributed by atoms with Gasteiger partial charge in [-0.3, -0.25) is 9.69 Å². The van der Waals surface area contributed by atoms with Crippen LogP contribution in [0.25, 0.3) is 0 Å². The number of piperazine rings is 1. The van der Waals surface area contributed by atoms with Gasteiger partial charge in [0.1, 0.15) is 6.04 Å². The van der Waals surface area contributed by atoms with Crippen LogP contribution >= 0.6 is 0 Å². The minimum absolute atomic E-state index is 0.0404. The predicted molar refractivity (Wildman–Crippen MR) is 69.5 cm³/mol. The van der Waals surface area contributed by atoms with Crippen molar-refractivity contribution in [3.63, 3.8) is 0 Å². The molecule has 0 spiro atoms. The smallest absolute Gasteiger partial charge is 0.325 e. The summed E-state index contributed by atoms with van der Waals surface area (Å²) >= 11 is 0. The molecule has 0 aliphatic carbocycles. The van der Waals surface area contributed by atoms with Gasteiger partial charge >= 0.3 is 5.97 Å². The lowest BCUT2D eigenvalue weighted by atomic mass is 10.0. The zero-order valence-corrected chi connectivity index (χ0v) is 10.8. The number of methoxy groups -OCH3 is 1. The molecule has 1 aliphatic heterocycles. The summed E-state index contributed by atoms with van der Waals surface area (Å²) in [6, 6.07) is 3.99. The monoisotopic (exact) mass is 266 g/mol. The van der Waals surface area contributed by atoms with E-state index >= 15 is 0 Å². The molecule has 104 valence electrons. The van der Waals surface area contributed by atoms with Crippen molar-refractivity contribution in [2.24, 2.45) is 0 Å². The number of nitrogens with zero attached hydrogens (tertiary/aromatic N) is 1. The number of hydrogen-bond acceptors (Lipinski definition) is 5. The number of phenols is 1. The first-order valence-electron chi connectivity index (χ1n) is 6.18. The van der Waals surface area contributed by atoms with Crippen LogP contribution in [-0.4, -0.2) is 54.4 Å². The maximum absolute atomic E-state index is 11.5. The van der Waals surface area contributed by atoms with Gasteiger partial charge in [0.25, 0.3) is 0 Å². The largest absolute Gasteiger partial charge is 0.504 e.